The number of hydrogen-bond donors (Lipinski definition) is 0. The first-order valence-electron chi connectivity index (χ1n) is 5.38. The van der Waals surface area contributed by atoms with Crippen LogP contribution in [0.5, 0.6) is 5.75 Å². The summed E-state index contributed by atoms with van der Waals surface area (Å²) >= 11 is 0. The first-order chi connectivity index (χ1) is 8.72. The van der Waals surface area contributed by atoms with E-state index in [1.807, 2.05) is 0 Å². The van der Waals surface area contributed by atoms with E-state index in [0.29, 0.717) is 18.4 Å². The molecule has 0 saturated carbocycles. The van der Waals surface area contributed by atoms with Crippen LogP contribution in [-0.4, -0.2) is 19.7 Å². The molecule has 4 nitrogen and oxygen atoms in total. The van der Waals surface area contributed by atoms with Gasteiger partial charge in [-0.2, -0.15) is 21.6 Å². The fourth-order valence-electron chi connectivity index (χ4n) is 1.90. The molecule has 0 aromatic heterocycles. The number of Topliss-reactive ketones (excluding diaryl/α,β-unsaturated/α-hetero) is 1. The molecule has 0 unspecified atom stereocenters. The molecule has 104 valence electrons. The number of alkyl halides is 3. The lowest BCUT2D eigenvalue weighted by atomic mass is 9.90. The number of aryl methyl sites for hydroxylation is 1. The Kier molecular flexibility index (Phi) is 3.29. The molecule has 8 heteroatoms. The summed E-state index contributed by atoms with van der Waals surface area (Å²) in [5, 5.41) is 0. The Hall–Kier alpha value is -1.57. The number of carbonyl (C=O) groups excluding carboxylic acids is 1. The first-order valence-corrected chi connectivity index (χ1v) is 6.79. The van der Waals surface area contributed by atoms with E-state index in [1.165, 1.54) is 6.07 Å². The molecule has 1 aliphatic rings. The third-order valence-corrected chi connectivity index (χ3v) is 3.69. The Morgan fingerprint density at radius 2 is 1.84 bits per heavy atom. The monoisotopic (exact) mass is 294 g/mol. The van der Waals surface area contributed by atoms with Gasteiger partial charge in [0.1, 0.15) is 0 Å². The van der Waals surface area contributed by atoms with Crippen LogP contribution in [0.3, 0.4) is 0 Å². The second-order valence-electron chi connectivity index (χ2n) is 4.05. The van der Waals surface area contributed by atoms with Crippen LogP contribution in [0.4, 0.5) is 13.2 Å². The minimum Gasteiger partial charge on any atom is -0.375 e. The maximum atomic E-state index is 12.3. The van der Waals surface area contributed by atoms with Crippen molar-refractivity contribution < 1.29 is 30.6 Å². The van der Waals surface area contributed by atoms with Gasteiger partial charge in [-0.1, -0.05) is 12.1 Å². The van der Waals surface area contributed by atoms with Crippen LogP contribution in [0.2, 0.25) is 0 Å². The Bertz CT molecular complexity index is 619. The van der Waals surface area contributed by atoms with Crippen molar-refractivity contribution in [3.63, 3.8) is 0 Å². The van der Waals surface area contributed by atoms with E-state index in [0.717, 1.165) is 6.07 Å². The van der Waals surface area contributed by atoms with Crippen LogP contribution in [0.25, 0.3) is 0 Å². The van der Waals surface area contributed by atoms with E-state index in [4.69, 9.17) is 0 Å². The summed E-state index contributed by atoms with van der Waals surface area (Å²) < 4.78 is 62.7. The highest BCUT2D eigenvalue weighted by Crippen LogP contribution is 2.33. The van der Waals surface area contributed by atoms with Crippen molar-refractivity contribution >= 4 is 15.9 Å². The number of ketones is 1. The predicted molar refractivity (Wildman–Crippen MR) is 59.3 cm³/mol. The first kappa shape index (κ1) is 13.9. The van der Waals surface area contributed by atoms with E-state index < -0.39 is 27.2 Å². The SMILES string of the molecule is O=C1CCCc2cccc(OS(=O)(=O)C(F)(F)F)c21. The molecule has 0 atom stereocenters. The predicted octanol–water partition coefficient (Wildman–Crippen LogP) is 2.43. The molecule has 1 aromatic carbocycles. The molecule has 0 radical (unpaired) electrons. The quantitative estimate of drug-likeness (QED) is 0.621. The summed E-state index contributed by atoms with van der Waals surface area (Å²) in [5.41, 5.74) is -5.08. The highest BCUT2D eigenvalue weighted by molar-refractivity contribution is 7.88. The van der Waals surface area contributed by atoms with Crippen molar-refractivity contribution in [3.8, 4) is 5.75 Å². The van der Waals surface area contributed by atoms with Crippen LogP contribution >= 0.6 is 0 Å². The third-order valence-electron chi connectivity index (χ3n) is 2.72. The van der Waals surface area contributed by atoms with Gasteiger partial charge in [0.25, 0.3) is 0 Å². The minimum atomic E-state index is -5.76. The highest BCUT2D eigenvalue weighted by atomic mass is 32.2. The van der Waals surface area contributed by atoms with Crippen molar-refractivity contribution in [2.24, 2.45) is 0 Å². The van der Waals surface area contributed by atoms with E-state index >= 15 is 0 Å². The summed E-state index contributed by atoms with van der Waals surface area (Å²) in [6.07, 6.45) is 1.26. The molecular weight excluding hydrogens is 285 g/mol. The normalized spacial score (nSPS) is 16.1. The number of carbonyl (C=O) groups is 1. The largest absolute Gasteiger partial charge is 0.534 e. The molecule has 0 saturated heterocycles. The molecule has 0 aliphatic heterocycles. The zero-order valence-electron chi connectivity index (χ0n) is 9.53. The topological polar surface area (TPSA) is 60.4 Å². The maximum Gasteiger partial charge on any atom is 0.534 e. The van der Waals surface area contributed by atoms with Crippen LogP contribution in [0, 0.1) is 0 Å². The molecule has 2 rings (SSSR count). The summed E-state index contributed by atoms with van der Waals surface area (Å²) in [6.45, 7) is 0. The second-order valence-corrected chi connectivity index (χ2v) is 5.59. The van der Waals surface area contributed by atoms with Gasteiger partial charge >= 0.3 is 15.6 Å². The van der Waals surface area contributed by atoms with Gasteiger partial charge in [0.05, 0.1) is 5.56 Å². The molecule has 0 bridgehead atoms. The van der Waals surface area contributed by atoms with Crippen LogP contribution < -0.4 is 4.18 Å². The number of benzene rings is 1. The maximum absolute atomic E-state index is 12.3. The number of rotatable bonds is 2. The average Bonchev–Trinajstić information content (AvgIpc) is 2.27. The van der Waals surface area contributed by atoms with Gasteiger partial charge in [-0.3, -0.25) is 4.79 Å². The van der Waals surface area contributed by atoms with Crippen LogP contribution in [0.1, 0.15) is 28.8 Å². The van der Waals surface area contributed by atoms with Crippen molar-refractivity contribution in [2.45, 2.75) is 24.8 Å². The fourth-order valence-corrected chi connectivity index (χ4v) is 2.37. The fraction of sp³-hybridized carbons (Fsp3) is 0.364. The zero-order valence-corrected chi connectivity index (χ0v) is 10.3. The number of hydrogen-bond acceptors (Lipinski definition) is 4. The molecule has 1 aliphatic carbocycles. The lowest BCUT2D eigenvalue weighted by Crippen LogP contribution is -2.29. The lowest BCUT2D eigenvalue weighted by molar-refractivity contribution is -0.0500. The molecule has 0 spiro atoms. The molecule has 0 amide bonds. The van der Waals surface area contributed by atoms with Gasteiger partial charge in [0.15, 0.2) is 11.5 Å². The summed E-state index contributed by atoms with van der Waals surface area (Å²) in [5.74, 6) is -0.964. The van der Waals surface area contributed by atoms with Crippen molar-refractivity contribution in [1.29, 1.82) is 0 Å². The Labute approximate surface area is 107 Å². The molecule has 0 fully saturated rings. The van der Waals surface area contributed by atoms with Gasteiger partial charge < -0.3 is 4.18 Å². The molecule has 1 aromatic rings. The van der Waals surface area contributed by atoms with Crippen molar-refractivity contribution in [2.75, 3.05) is 0 Å². The zero-order chi connectivity index (χ0) is 14.3. The van der Waals surface area contributed by atoms with Gasteiger partial charge in [-0.15, -0.1) is 0 Å². The molecule has 19 heavy (non-hydrogen) atoms. The van der Waals surface area contributed by atoms with Gasteiger partial charge in [0, 0.05) is 6.42 Å². The smallest absolute Gasteiger partial charge is 0.375 e. The highest BCUT2D eigenvalue weighted by Gasteiger charge is 2.49. The van der Waals surface area contributed by atoms with Crippen LogP contribution in [0.15, 0.2) is 18.2 Å². The third kappa shape index (κ3) is 2.58. The van der Waals surface area contributed by atoms with E-state index in [-0.39, 0.29) is 12.0 Å². The molecular formula is C11H9F3O4S. The summed E-state index contributed by atoms with van der Waals surface area (Å²) in [6, 6.07) is 3.98. The molecule has 0 heterocycles. The molecule has 0 N–H and O–H groups in total. The van der Waals surface area contributed by atoms with E-state index in [2.05, 4.69) is 4.18 Å². The summed E-state index contributed by atoms with van der Waals surface area (Å²) in [7, 11) is -5.76. The van der Waals surface area contributed by atoms with Gasteiger partial charge in [-0.05, 0) is 24.5 Å². The Morgan fingerprint density at radius 1 is 1.16 bits per heavy atom. The number of fused-ring (bicyclic) bond motifs is 1. The second kappa shape index (κ2) is 4.52. The summed E-state index contributed by atoms with van der Waals surface area (Å²) in [4.78, 5) is 11.7. The van der Waals surface area contributed by atoms with E-state index in [9.17, 15) is 26.4 Å². The van der Waals surface area contributed by atoms with Crippen molar-refractivity contribution in [1.82, 2.24) is 0 Å². The van der Waals surface area contributed by atoms with Crippen LogP contribution in [-0.2, 0) is 16.5 Å². The Morgan fingerprint density at radius 3 is 2.47 bits per heavy atom. The van der Waals surface area contributed by atoms with Gasteiger partial charge in [-0.25, -0.2) is 0 Å². The van der Waals surface area contributed by atoms with Gasteiger partial charge in [0.2, 0.25) is 0 Å². The average molecular weight is 294 g/mol. The Balaban J connectivity index is 2.46. The lowest BCUT2D eigenvalue weighted by Gasteiger charge is -2.18. The van der Waals surface area contributed by atoms with Crippen molar-refractivity contribution in [3.05, 3.63) is 29.3 Å². The standard InChI is InChI=1S/C11H9F3O4S/c12-11(13,14)19(16,17)18-9-6-2-4-7-3-1-5-8(15)10(7)9/h2,4,6H,1,3,5H2. The minimum absolute atomic E-state index is 0.0680. The number of halogens is 3. The van der Waals surface area contributed by atoms with E-state index in [1.54, 1.807) is 6.07 Å².